The predicted octanol–water partition coefficient (Wildman–Crippen LogP) is -0.0137. The van der Waals surface area contributed by atoms with Gasteiger partial charge >= 0.3 is 0 Å². The van der Waals surface area contributed by atoms with Crippen LogP contribution < -0.4 is 9.86 Å². The molecule has 0 radical (unpaired) electrons. The summed E-state index contributed by atoms with van der Waals surface area (Å²) in [6.45, 7) is 3.74. The van der Waals surface area contributed by atoms with E-state index in [2.05, 4.69) is 11.6 Å². The minimum atomic E-state index is -3.53. The fraction of sp³-hybridized carbons (Fsp3) is 1.00. The summed E-state index contributed by atoms with van der Waals surface area (Å²) in [7, 11) is -3.53. The van der Waals surface area contributed by atoms with Crippen molar-refractivity contribution in [2.24, 2.45) is 5.14 Å². The quantitative estimate of drug-likeness (QED) is 0.553. The average molecular weight is 210 g/mol. The van der Waals surface area contributed by atoms with E-state index in [1.165, 1.54) is 0 Å². The van der Waals surface area contributed by atoms with Crippen LogP contribution in [0.25, 0.3) is 0 Å². The Bertz CT molecular complexity index is 204. The summed E-state index contributed by atoms with van der Waals surface area (Å²) < 4.78 is 28.2. The van der Waals surface area contributed by atoms with Crippen LogP contribution in [0.15, 0.2) is 0 Å². The molecule has 0 aliphatic carbocycles. The summed E-state index contributed by atoms with van der Waals surface area (Å²) >= 11 is 0. The van der Waals surface area contributed by atoms with Crippen LogP contribution in [0.5, 0.6) is 0 Å². The van der Waals surface area contributed by atoms with Gasteiger partial charge in [0.2, 0.25) is 0 Å². The first-order chi connectivity index (χ1) is 6.06. The van der Waals surface area contributed by atoms with Gasteiger partial charge in [0.25, 0.3) is 10.2 Å². The fourth-order valence-corrected chi connectivity index (χ4v) is 1.17. The molecule has 80 valence electrons. The minimum absolute atomic E-state index is 0.338. The van der Waals surface area contributed by atoms with Gasteiger partial charge in [-0.1, -0.05) is 13.3 Å². The van der Waals surface area contributed by atoms with Gasteiger partial charge < -0.3 is 4.74 Å². The highest BCUT2D eigenvalue weighted by atomic mass is 32.2. The first-order valence-corrected chi connectivity index (χ1v) is 5.96. The topological polar surface area (TPSA) is 81.4 Å². The summed E-state index contributed by atoms with van der Waals surface area (Å²) in [6, 6.07) is 0. The van der Waals surface area contributed by atoms with E-state index in [4.69, 9.17) is 9.88 Å². The molecule has 0 heterocycles. The lowest BCUT2D eigenvalue weighted by atomic mass is 10.4. The molecule has 0 rings (SSSR count). The molecule has 0 aliphatic heterocycles. The number of unbranched alkanes of at least 4 members (excludes halogenated alkanes) is 1. The van der Waals surface area contributed by atoms with Crippen LogP contribution in [0, 0.1) is 0 Å². The Morgan fingerprint density at radius 1 is 1.31 bits per heavy atom. The average Bonchev–Trinajstić information content (AvgIpc) is 2.01. The highest BCUT2D eigenvalue weighted by Crippen LogP contribution is 1.89. The SMILES string of the molecule is CCCCOCCCNS(N)(=O)=O. The van der Waals surface area contributed by atoms with Crippen molar-refractivity contribution < 1.29 is 13.2 Å². The molecule has 0 amide bonds. The van der Waals surface area contributed by atoms with Crippen molar-refractivity contribution in [1.29, 1.82) is 0 Å². The van der Waals surface area contributed by atoms with Gasteiger partial charge in [0, 0.05) is 19.8 Å². The first-order valence-electron chi connectivity index (χ1n) is 4.41. The lowest BCUT2D eigenvalue weighted by molar-refractivity contribution is 0.130. The lowest BCUT2D eigenvalue weighted by Crippen LogP contribution is -2.31. The van der Waals surface area contributed by atoms with E-state index in [-0.39, 0.29) is 0 Å². The molecule has 0 bridgehead atoms. The Kier molecular flexibility index (Phi) is 7.16. The third kappa shape index (κ3) is 11.8. The zero-order valence-electron chi connectivity index (χ0n) is 7.95. The zero-order chi connectivity index (χ0) is 10.2. The monoisotopic (exact) mass is 210 g/mol. The zero-order valence-corrected chi connectivity index (χ0v) is 8.77. The number of hydrogen-bond donors (Lipinski definition) is 2. The third-order valence-corrected chi connectivity index (χ3v) is 2.02. The van der Waals surface area contributed by atoms with Gasteiger partial charge in [0.15, 0.2) is 0 Å². The molecule has 0 saturated heterocycles. The molecule has 0 unspecified atom stereocenters. The van der Waals surface area contributed by atoms with Crippen molar-refractivity contribution in [2.75, 3.05) is 19.8 Å². The lowest BCUT2D eigenvalue weighted by Gasteiger charge is -2.03. The van der Waals surface area contributed by atoms with Gasteiger partial charge in [-0.3, -0.25) is 0 Å². The second-order valence-corrected chi connectivity index (χ2v) is 4.14. The van der Waals surface area contributed by atoms with Crippen LogP contribution in [-0.2, 0) is 14.9 Å². The molecule has 13 heavy (non-hydrogen) atoms. The van der Waals surface area contributed by atoms with Crippen LogP contribution in [0.1, 0.15) is 26.2 Å². The van der Waals surface area contributed by atoms with E-state index in [0.717, 1.165) is 19.4 Å². The van der Waals surface area contributed by atoms with Gasteiger partial charge in [-0.15, -0.1) is 0 Å². The van der Waals surface area contributed by atoms with E-state index >= 15 is 0 Å². The standard InChI is InChI=1S/C7H18N2O3S/c1-2-3-6-12-7-4-5-9-13(8,10)11/h9H,2-7H2,1H3,(H2,8,10,11). The number of nitrogens with two attached hydrogens (primary N) is 1. The molecule has 0 aromatic heterocycles. The Labute approximate surface area is 79.8 Å². The Morgan fingerprint density at radius 3 is 2.46 bits per heavy atom. The third-order valence-electron chi connectivity index (χ3n) is 1.41. The second-order valence-electron chi connectivity index (χ2n) is 2.76. The number of rotatable bonds is 8. The maximum absolute atomic E-state index is 10.4. The van der Waals surface area contributed by atoms with Crippen molar-refractivity contribution in [3.63, 3.8) is 0 Å². The maximum atomic E-state index is 10.4. The number of nitrogens with one attached hydrogen (secondary N) is 1. The molecule has 0 fully saturated rings. The van der Waals surface area contributed by atoms with Gasteiger partial charge in [0.1, 0.15) is 0 Å². The Hall–Kier alpha value is -0.170. The van der Waals surface area contributed by atoms with E-state index in [1.54, 1.807) is 0 Å². The molecular formula is C7H18N2O3S. The molecule has 5 nitrogen and oxygen atoms in total. The molecule has 0 aromatic carbocycles. The van der Waals surface area contributed by atoms with E-state index < -0.39 is 10.2 Å². The summed E-state index contributed by atoms with van der Waals surface area (Å²) in [6.07, 6.45) is 2.80. The van der Waals surface area contributed by atoms with Crippen LogP contribution in [0.3, 0.4) is 0 Å². The smallest absolute Gasteiger partial charge is 0.274 e. The van der Waals surface area contributed by atoms with Gasteiger partial charge in [-0.25, -0.2) is 9.86 Å². The van der Waals surface area contributed by atoms with Crippen molar-refractivity contribution in [2.45, 2.75) is 26.2 Å². The molecule has 0 spiro atoms. The molecule has 0 saturated carbocycles. The second kappa shape index (κ2) is 7.25. The molecule has 3 N–H and O–H groups in total. The van der Waals surface area contributed by atoms with Crippen molar-refractivity contribution in [3.05, 3.63) is 0 Å². The van der Waals surface area contributed by atoms with Crippen molar-refractivity contribution in [3.8, 4) is 0 Å². The van der Waals surface area contributed by atoms with E-state index in [0.29, 0.717) is 19.6 Å². The highest BCUT2D eigenvalue weighted by Gasteiger charge is 1.98. The van der Waals surface area contributed by atoms with Crippen LogP contribution >= 0.6 is 0 Å². The normalized spacial score (nSPS) is 11.8. The number of ether oxygens (including phenoxy) is 1. The molecule has 0 aromatic rings. The van der Waals surface area contributed by atoms with E-state index in [1.807, 2.05) is 0 Å². The van der Waals surface area contributed by atoms with Crippen LogP contribution in [0.4, 0.5) is 0 Å². The Balaban J connectivity index is 3.09. The predicted molar refractivity (Wildman–Crippen MR) is 51.5 cm³/mol. The summed E-state index contributed by atoms with van der Waals surface area (Å²) in [5.41, 5.74) is 0. The highest BCUT2D eigenvalue weighted by molar-refractivity contribution is 7.87. The molecule has 0 atom stereocenters. The van der Waals surface area contributed by atoms with E-state index in [9.17, 15) is 8.42 Å². The number of hydrogen-bond acceptors (Lipinski definition) is 3. The summed E-state index contributed by atoms with van der Waals surface area (Å²) in [4.78, 5) is 0. The van der Waals surface area contributed by atoms with Crippen molar-refractivity contribution in [1.82, 2.24) is 4.72 Å². The van der Waals surface area contributed by atoms with Gasteiger partial charge in [0.05, 0.1) is 0 Å². The van der Waals surface area contributed by atoms with Gasteiger partial charge in [-0.05, 0) is 12.8 Å². The maximum Gasteiger partial charge on any atom is 0.274 e. The molecular weight excluding hydrogens is 192 g/mol. The molecule has 6 heteroatoms. The minimum Gasteiger partial charge on any atom is -0.381 e. The van der Waals surface area contributed by atoms with Gasteiger partial charge in [-0.2, -0.15) is 8.42 Å². The van der Waals surface area contributed by atoms with Crippen molar-refractivity contribution >= 4 is 10.2 Å². The Morgan fingerprint density at radius 2 is 1.92 bits per heavy atom. The van der Waals surface area contributed by atoms with Crippen LogP contribution in [-0.4, -0.2) is 28.2 Å². The fourth-order valence-electron chi connectivity index (χ4n) is 0.737. The molecule has 0 aliphatic rings. The summed E-state index contributed by atoms with van der Waals surface area (Å²) in [5.74, 6) is 0. The summed E-state index contributed by atoms with van der Waals surface area (Å²) in [5, 5.41) is 4.72. The van der Waals surface area contributed by atoms with Crippen LogP contribution in [0.2, 0.25) is 0 Å². The largest absolute Gasteiger partial charge is 0.381 e. The first kappa shape index (κ1) is 12.8.